The van der Waals surface area contributed by atoms with Crippen LogP contribution in [0.1, 0.15) is 26.2 Å². The van der Waals surface area contributed by atoms with Crippen LogP contribution in [0.4, 0.5) is 10.5 Å². The third-order valence-electron chi connectivity index (χ3n) is 3.35. The summed E-state index contributed by atoms with van der Waals surface area (Å²) in [5, 5.41) is 2.64. The van der Waals surface area contributed by atoms with E-state index in [0.29, 0.717) is 18.0 Å². The Balaban J connectivity index is 2.20. The zero-order chi connectivity index (χ0) is 15.8. The Labute approximate surface area is 131 Å². The van der Waals surface area contributed by atoms with Crippen molar-refractivity contribution in [2.24, 2.45) is 5.73 Å². The minimum absolute atomic E-state index is 0.594. The van der Waals surface area contributed by atoms with Crippen LogP contribution in [0.3, 0.4) is 0 Å². The first-order valence-corrected chi connectivity index (χ1v) is 7.59. The van der Waals surface area contributed by atoms with Gasteiger partial charge in [0.15, 0.2) is 0 Å². The van der Waals surface area contributed by atoms with Gasteiger partial charge in [0.2, 0.25) is 0 Å². The second-order valence-corrected chi connectivity index (χ2v) is 5.12. The molecule has 22 heavy (non-hydrogen) atoms. The summed E-state index contributed by atoms with van der Waals surface area (Å²) in [7, 11) is 0. The number of hydrogen-bond acceptors (Lipinski definition) is 2. The van der Waals surface area contributed by atoms with E-state index in [2.05, 4.69) is 12.2 Å². The number of benzene rings is 2. The van der Waals surface area contributed by atoms with Crippen LogP contribution in [0.25, 0.3) is 11.1 Å². The van der Waals surface area contributed by atoms with Gasteiger partial charge in [-0.25, -0.2) is 4.79 Å². The molecule has 0 aromatic heterocycles. The molecule has 4 nitrogen and oxygen atoms in total. The maximum absolute atomic E-state index is 11.2. The molecule has 2 amide bonds. The molecule has 0 saturated heterocycles. The van der Waals surface area contributed by atoms with E-state index < -0.39 is 6.03 Å². The fourth-order valence-corrected chi connectivity index (χ4v) is 2.23. The predicted molar refractivity (Wildman–Crippen MR) is 90.1 cm³/mol. The fourth-order valence-electron chi connectivity index (χ4n) is 2.23. The Morgan fingerprint density at radius 2 is 1.86 bits per heavy atom. The lowest BCUT2D eigenvalue weighted by molar-refractivity contribution is 0.259. The number of carbonyl (C=O) groups is 1. The molecule has 0 unspecified atom stereocenters. The number of ether oxygens (including phenoxy) is 1. The Morgan fingerprint density at radius 1 is 1.09 bits per heavy atom. The second kappa shape index (κ2) is 8.08. The summed E-state index contributed by atoms with van der Waals surface area (Å²) in [5.41, 5.74) is 7.94. The van der Waals surface area contributed by atoms with E-state index in [1.807, 2.05) is 48.5 Å². The first-order chi connectivity index (χ1) is 10.7. The van der Waals surface area contributed by atoms with Crippen LogP contribution in [0.2, 0.25) is 0 Å². The predicted octanol–water partition coefficient (Wildman–Crippen LogP) is 4.41. The van der Waals surface area contributed by atoms with Gasteiger partial charge in [-0.15, -0.1) is 0 Å². The summed E-state index contributed by atoms with van der Waals surface area (Å²) in [4.78, 5) is 11.2. The topological polar surface area (TPSA) is 64.3 Å². The van der Waals surface area contributed by atoms with Crippen LogP contribution in [-0.2, 0) is 0 Å². The molecule has 0 saturated carbocycles. The molecular formula is C18H22N2O2. The third-order valence-corrected chi connectivity index (χ3v) is 3.35. The lowest BCUT2D eigenvalue weighted by Crippen LogP contribution is -2.20. The number of amides is 2. The van der Waals surface area contributed by atoms with Crippen molar-refractivity contribution in [3.05, 3.63) is 48.5 Å². The van der Waals surface area contributed by atoms with E-state index >= 15 is 0 Å². The molecule has 0 aliphatic heterocycles. The Bertz CT molecular complexity index is 612. The maximum atomic E-state index is 11.2. The van der Waals surface area contributed by atoms with Crippen LogP contribution in [-0.4, -0.2) is 12.6 Å². The van der Waals surface area contributed by atoms with E-state index in [-0.39, 0.29) is 0 Å². The van der Waals surface area contributed by atoms with Crippen molar-refractivity contribution in [3.8, 4) is 16.9 Å². The van der Waals surface area contributed by atoms with Gasteiger partial charge in [-0.1, -0.05) is 56.2 Å². The Kier molecular flexibility index (Phi) is 5.83. The fraction of sp³-hybridized carbons (Fsp3) is 0.278. The highest BCUT2D eigenvalue weighted by Crippen LogP contribution is 2.31. The first kappa shape index (κ1) is 15.9. The SMILES string of the molecule is CCCCCOc1ccc(-c2ccccc2)cc1NC(N)=O. The van der Waals surface area contributed by atoms with Crippen molar-refractivity contribution < 1.29 is 9.53 Å². The first-order valence-electron chi connectivity index (χ1n) is 7.59. The molecule has 4 heteroatoms. The Morgan fingerprint density at radius 3 is 2.55 bits per heavy atom. The van der Waals surface area contributed by atoms with Gasteiger partial charge in [-0.2, -0.15) is 0 Å². The van der Waals surface area contributed by atoms with Gasteiger partial charge in [-0.3, -0.25) is 0 Å². The van der Waals surface area contributed by atoms with Crippen molar-refractivity contribution in [1.82, 2.24) is 0 Å². The normalized spacial score (nSPS) is 10.2. The molecule has 0 bridgehead atoms. The molecule has 0 spiro atoms. The summed E-state index contributed by atoms with van der Waals surface area (Å²) >= 11 is 0. The molecule has 116 valence electrons. The van der Waals surface area contributed by atoms with E-state index in [1.54, 1.807) is 0 Å². The number of anilines is 1. The lowest BCUT2D eigenvalue weighted by Gasteiger charge is -2.13. The molecule has 0 atom stereocenters. The largest absolute Gasteiger partial charge is 0.491 e. The lowest BCUT2D eigenvalue weighted by atomic mass is 10.0. The van der Waals surface area contributed by atoms with Gasteiger partial charge in [0.25, 0.3) is 0 Å². The molecule has 0 aliphatic rings. The van der Waals surface area contributed by atoms with Crippen molar-refractivity contribution in [2.45, 2.75) is 26.2 Å². The van der Waals surface area contributed by atoms with Gasteiger partial charge in [0.1, 0.15) is 5.75 Å². The summed E-state index contributed by atoms with van der Waals surface area (Å²) in [6, 6.07) is 15.1. The zero-order valence-corrected chi connectivity index (χ0v) is 12.8. The van der Waals surface area contributed by atoms with Crippen LogP contribution in [0, 0.1) is 0 Å². The smallest absolute Gasteiger partial charge is 0.316 e. The summed E-state index contributed by atoms with van der Waals surface area (Å²) in [5.74, 6) is 0.648. The molecule has 3 N–H and O–H groups in total. The van der Waals surface area contributed by atoms with Crippen LogP contribution < -0.4 is 15.8 Å². The van der Waals surface area contributed by atoms with E-state index in [1.165, 1.54) is 0 Å². The van der Waals surface area contributed by atoms with Gasteiger partial charge in [0.05, 0.1) is 12.3 Å². The quantitative estimate of drug-likeness (QED) is 0.743. The van der Waals surface area contributed by atoms with Crippen molar-refractivity contribution in [2.75, 3.05) is 11.9 Å². The van der Waals surface area contributed by atoms with Gasteiger partial charge >= 0.3 is 6.03 Å². The van der Waals surface area contributed by atoms with Crippen molar-refractivity contribution >= 4 is 11.7 Å². The highest BCUT2D eigenvalue weighted by Gasteiger charge is 2.08. The average Bonchev–Trinajstić information content (AvgIpc) is 2.53. The molecular weight excluding hydrogens is 276 g/mol. The Hall–Kier alpha value is -2.49. The standard InChI is InChI=1S/C18H22N2O2/c1-2-3-7-12-22-17-11-10-15(13-16(17)20-18(19)21)14-8-5-4-6-9-14/h4-6,8-11,13H,2-3,7,12H2,1H3,(H3,19,20,21). The highest BCUT2D eigenvalue weighted by molar-refractivity contribution is 5.90. The van der Waals surface area contributed by atoms with E-state index in [4.69, 9.17) is 10.5 Å². The average molecular weight is 298 g/mol. The molecule has 0 aliphatic carbocycles. The number of urea groups is 1. The summed E-state index contributed by atoms with van der Waals surface area (Å²) in [6.07, 6.45) is 3.26. The number of unbranched alkanes of at least 4 members (excludes halogenated alkanes) is 2. The monoisotopic (exact) mass is 298 g/mol. The third kappa shape index (κ3) is 4.52. The van der Waals surface area contributed by atoms with E-state index in [9.17, 15) is 4.79 Å². The van der Waals surface area contributed by atoms with Crippen molar-refractivity contribution in [1.29, 1.82) is 0 Å². The minimum Gasteiger partial charge on any atom is -0.491 e. The summed E-state index contributed by atoms with van der Waals surface area (Å²) in [6.45, 7) is 2.78. The molecule has 0 radical (unpaired) electrons. The molecule has 2 rings (SSSR count). The zero-order valence-electron chi connectivity index (χ0n) is 12.8. The maximum Gasteiger partial charge on any atom is 0.316 e. The van der Waals surface area contributed by atoms with Crippen LogP contribution in [0.5, 0.6) is 5.75 Å². The van der Waals surface area contributed by atoms with Crippen LogP contribution >= 0.6 is 0 Å². The van der Waals surface area contributed by atoms with Crippen molar-refractivity contribution in [3.63, 3.8) is 0 Å². The molecule has 0 heterocycles. The number of nitrogens with one attached hydrogen (secondary N) is 1. The number of hydrogen-bond donors (Lipinski definition) is 2. The van der Waals surface area contributed by atoms with Crippen LogP contribution in [0.15, 0.2) is 48.5 Å². The van der Waals surface area contributed by atoms with E-state index in [0.717, 1.165) is 30.4 Å². The molecule has 0 fully saturated rings. The van der Waals surface area contributed by atoms with Gasteiger partial charge in [0, 0.05) is 0 Å². The number of nitrogens with two attached hydrogens (primary N) is 1. The number of rotatable bonds is 7. The number of carbonyl (C=O) groups excluding carboxylic acids is 1. The molecule has 2 aromatic rings. The summed E-state index contributed by atoms with van der Waals surface area (Å²) < 4.78 is 5.76. The number of primary amides is 1. The minimum atomic E-state index is -0.594. The second-order valence-electron chi connectivity index (χ2n) is 5.12. The van der Waals surface area contributed by atoms with Gasteiger partial charge < -0.3 is 15.8 Å². The highest BCUT2D eigenvalue weighted by atomic mass is 16.5. The van der Waals surface area contributed by atoms with Gasteiger partial charge in [-0.05, 0) is 29.7 Å². The molecule has 2 aromatic carbocycles.